The largest absolute Gasteiger partial charge is 0.314 e. The number of rotatable bonds is 4. The summed E-state index contributed by atoms with van der Waals surface area (Å²) in [4.78, 5) is 2.54. The van der Waals surface area contributed by atoms with Gasteiger partial charge in [-0.3, -0.25) is 4.90 Å². The van der Waals surface area contributed by atoms with Gasteiger partial charge in [-0.1, -0.05) is 36.7 Å². The third-order valence-electron chi connectivity index (χ3n) is 3.93. The highest BCUT2D eigenvalue weighted by atomic mass is 35.5. The van der Waals surface area contributed by atoms with Crippen LogP contribution in [0.5, 0.6) is 0 Å². The van der Waals surface area contributed by atoms with E-state index in [0.29, 0.717) is 12.1 Å². The Morgan fingerprint density at radius 2 is 2.00 bits per heavy atom. The zero-order valence-electron chi connectivity index (χ0n) is 11.3. The molecule has 1 aromatic rings. The summed E-state index contributed by atoms with van der Waals surface area (Å²) in [5, 5.41) is 4.43. The minimum atomic E-state index is 0.418. The van der Waals surface area contributed by atoms with E-state index in [1.165, 1.54) is 18.4 Å². The summed E-state index contributed by atoms with van der Waals surface area (Å²) in [6, 6.07) is 9.31. The van der Waals surface area contributed by atoms with Crippen molar-refractivity contribution in [3.05, 3.63) is 34.9 Å². The van der Waals surface area contributed by atoms with Crippen LogP contribution in [0, 0.1) is 0 Å². The summed E-state index contributed by atoms with van der Waals surface area (Å²) in [5.74, 6) is 0. The predicted octanol–water partition coefficient (Wildman–Crippen LogP) is 3.47. The maximum atomic E-state index is 6.28. The molecule has 3 heteroatoms. The molecule has 18 heavy (non-hydrogen) atoms. The number of piperidine rings is 1. The van der Waals surface area contributed by atoms with Gasteiger partial charge in [0.2, 0.25) is 0 Å². The minimum Gasteiger partial charge on any atom is -0.314 e. The molecular weight excluding hydrogens is 244 g/mol. The quantitative estimate of drug-likeness (QED) is 0.898. The van der Waals surface area contributed by atoms with Gasteiger partial charge in [0.1, 0.15) is 0 Å². The Kier molecular flexibility index (Phi) is 5.04. The number of benzene rings is 1. The first-order valence-corrected chi connectivity index (χ1v) is 7.32. The van der Waals surface area contributed by atoms with Crippen molar-refractivity contribution >= 4 is 11.6 Å². The maximum Gasteiger partial charge on any atom is 0.0453 e. The van der Waals surface area contributed by atoms with E-state index in [1.54, 1.807) is 0 Å². The average Bonchev–Trinajstić information content (AvgIpc) is 2.40. The van der Waals surface area contributed by atoms with Gasteiger partial charge in [0.05, 0.1) is 0 Å². The highest BCUT2D eigenvalue weighted by Gasteiger charge is 2.23. The molecule has 2 rings (SSSR count). The number of hydrogen-bond donors (Lipinski definition) is 1. The molecule has 1 atom stereocenters. The van der Waals surface area contributed by atoms with E-state index in [2.05, 4.69) is 36.2 Å². The van der Waals surface area contributed by atoms with Gasteiger partial charge in [0.25, 0.3) is 0 Å². The Labute approximate surface area is 115 Å². The molecule has 1 saturated heterocycles. The molecule has 1 aliphatic heterocycles. The molecule has 1 fully saturated rings. The third kappa shape index (κ3) is 3.25. The third-order valence-corrected chi connectivity index (χ3v) is 4.27. The summed E-state index contributed by atoms with van der Waals surface area (Å²) >= 11 is 6.28. The number of halogens is 1. The summed E-state index contributed by atoms with van der Waals surface area (Å²) in [7, 11) is 0. The molecule has 0 aromatic heterocycles. The van der Waals surface area contributed by atoms with Crippen LogP contribution < -0.4 is 5.32 Å². The molecule has 0 radical (unpaired) electrons. The van der Waals surface area contributed by atoms with E-state index in [-0.39, 0.29) is 0 Å². The van der Waals surface area contributed by atoms with Crippen molar-refractivity contribution in [2.24, 2.45) is 0 Å². The van der Waals surface area contributed by atoms with Gasteiger partial charge in [0, 0.05) is 30.2 Å². The lowest BCUT2D eigenvalue weighted by Gasteiger charge is -2.36. The van der Waals surface area contributed by atoms with E-state index in [4.69, 9.17) is 11.6 Å². The molecule has 1 N–H and O–H groups in total. The first kappa shape index (κ1) is 13.9. The van der Waals surface area contributed by atoms with Gasteiger partial charge in [-0.15, -0.1) is 0 Å². The van der Waals surface area contributed by atoms with E-state index in [1.807, 2.05) is 12.1 Å². The van der Waals surface area contributed by atoms with Crippen molar-refractivity contribution in [3.63, 3.8) is 0 Å². The van der Waals surface area contributed by atoms with E-state index >= 15 is 0 Å². The van der Waals surface area contributed by atoms with Crippen LogP contribution in [0.2, 0.25) is 5.02 Å². The number of hydrogen-bond acceptors (Lipinski definition) is 2. The molecule has 100 valence electrons. The van der Waals surface area contributed by atoms with Crippen LogP contribution in [0.3, 0.4) is 0 Å². The summed E-state index contributed by atoms with van der Waals surface area (Å²) in [6.45, 7) is 7.83. The second-order valence-electron chi connectivity index (χ2n) is 5.07. The second-order valence-corrected chi connectivity index (χ2v) is 5.47. The molecule has 2 nitrogen and oxygen atoms in total. The Morgan fingerprint density at radius 1 is 1.33 bits per heavy atom. The molecule has 1 aromatic carbocycles. The van der Waals surface area contributed by atoms with Crippen LogP contribution >= 0.6 is 11.6 Å². The van der Waals surface area contributed by atoms with Crippen molar-refractivity contribution < 1.29 is 0 Å². The SMILES string of the molecule is CCNC1CCN(C(C)c2ccccc2Cl)CC1. The lowest BCUT2D eigenvalue weighted by atomic mass is 10.00. The van der Waals surface area contributed by atoms with Crippen LogP contribution in [0.25, 0.3) is 0 Å². The Hall–Kier alpha value is -0.570. The van der Waals surface area contributed by atoms with Crippen molar-refractivity contribution in [1.82, 2.24) is 10.2 Å². The van der Waals surface area contributed by atoms with E-state index < -0.39 is 0 Å². The maximum absolute atomic E-state index is 6.28. The monoisotopic (exact) mass is 266 g/mol. The van der Waals surface area contributed by atoms with Gasteiger partial charge >= 0.3 is 0 Å². The zero-order chi connectivity index (χ0) is 13.0. The molecule has 1 heterocycles. The zero-order valence-corrected chi connectivity index (χ0v) is 12.1. The minimum absolute atomic E-state index is 0.418. The van der Waals surface area contributed by atoms with Crippen LogP contribution in [-0.4, -0.2) is 30.6 Å². The molecular formula is C15H23ClN2. The van der Waals surface area contributed by atoms with Crippen LogP contribution in [0.15, 0.2) is 24.3 Å². The standard InChI is InChI=1S/C15H23ClN2/c1-3-17-13-8-10-18(11-9-13)12(2)14-6-4-5-7-15(14)16/h4-7,12-13,17H,3,8-11H2,1-2H3. The van der Waals surface area contributed by atoms with Crippen molar-refractivity contribution in [1.29, 1.82) is 0 Å². The topological polar surface area (TPSA) is 15.3 Å². The van der Waals surface area contributed by atoms with Gasteiger partial charge in [-0.25, -0.2) is 0 Å². The van der Waals surface area contributed by atoms with Gasteiger partial charge in [-0.05, 0) is 37.9 Å². The van der Waals surface area contributed by atoms with Crippen LogP contribution in [0.1, 0.15) is 38.3 Å². The summed E-state index contributed by atoms with van der Waals surface area (Å²) < 4.78 is 0. The molecule has 0 spiro atoms. The summed E-state index contributed by atoms with van der Waals surface area (Å²) in [5.41, 5.74) is 1.25. The summed E-state index contributed by atoms with van der Waals surface area (Å²) in [6.07, 6.45) is 2.48. The number of nitrogens with one attached hydrogen (secondary N) is 1. The van der Waals surface area contributed by atoms with Gasteiger partial charge in [-0.2, -0.15) is 0 Å². The van der Waals surface area contributed by atoms with Crippen LogP contribution in [0.4, 0.5) is 0 Å². The second kappa shape index (κ2) is 6.55. The van der Waals surface area contributed by atoms with E-state index in [0.717, 1.165) is 24.7 Å². The molecule has 0 bridgehead atoms. The number of likely N-dealkylation sites (tertiary alicyclic amines) is 1. The van der Waals surface area contributed by atoms with Crippen molar-refractivity contribution in [2.45, 2.75) is 38.8 Å². The fourth-order valence-corrected chi connectivity index (χ4v) is 3.08. The smallest absolute Gasteiger partial charge is 0.0453 e. The average molecular weight is 267 g/mol. The molecule has 0 aliphatic carbocycles. The first-order valence-electron chi connectivity index (χ1n) is 6.94. The van der Waals surface area contributed by atoms with Crippen molar-refractivity contribution in [3.8, 4) is 0 Å². The fraction of sp³-hybridized carbons (Fsp3) is 0.600. The highest BCUT2D eigenvalue weighted by molar-refractivity contribution is 6.31. The molecule has 1 unspecified atom stereocenters. The van der Waals surface area contributed by atoms with Crippen molar-refractivity contribution in [2.75, 3.05) is 19.6 Å². The van der Waals surface area contributed by atoms with Gasteiger partial charge in [0.15, 0.2) is 0 Å². The normalized spacial score (nSPS) is 19.9. The first-order chi connectivity index (χ1) is 8.72. The molecule has 0 saturated carbocycles. The number of nitrogens with zero attached hydrogens (tertiary/aromatic N) is 1. The Morgan fingerprint density at radius 3 is 2.61 bits per heavy atom. The molecule has 0 amide bonds. The molecule has 1 aliphatic rings. The Bertz CT molecular complexity index is 373. The van der Waals surface area contributed by atoms with E-state index in [9.17, 15) is 0 Å². The Balaban J connectivity index is 1.95. The lowest BCUT2D eigenvalue weighted by Crippen LogP contribution is -2.43. The predicted molar refractivity (Wildman–Crippen MR) is 78.1 cm³/mol. The van der Waals surface area contributed by atoms with Gasteiger partial charge < -0.3 is 5.32 Å². The highest BCUT2D eigenvalue weighted by Crippen LogP contribution is 2.29. The fourth-order valence-electron chi connectivity index (χ4n) is 2.79. The van der Waals surface area contributed by atoms with Crippen LogP contribution in [-0.2, 0) is 0 Å². The lowest BCUT2D eigenvalue weighted by molar-refractivity contribution is 0.153.